The van der Waals surface area contributed by atoms with Gasteiger partial charge in [-0.05, 0) is 6.42 Å². The van der Waals surface area contributed by atoms with E-state index >= 15 is 0 Å². The van der Waals surface area contributed by atoms with Gasteiger partial charge in [0.2, 0.25) is 0 Å². The molecule has 1 aliphatic rings. The first-order valence-electron chi connectivity index (χ1n) is 5.58. The van der Waals surface area contributed by atoms with E-state index in [9.17, 15) is 14.4 Å². The number of carbonyl (C=O) groups is 3. The molecule has 1 saturated heterocycles. The van der Waals surface area contributed by atoms with E-state index in [4.69, 9.17) is 14.9 Å². The summed E-state index contributed by atoms with van der Waals surface area (Å²) in [6.07, 6.45) is 0.0233. The Kier molecular flexibility index (Phi) is 5.37. The highest BCUT2D eigenvalue weighted by atomic mass is 16.5. The molecule has 2 amide bonds. The average molecular weight is 260 g/mol. The molecule has 1 atom stereocenters. The molecule has 102 valence electrons. The van der Waals surface area contributed by atoms with Gasteiger partial charge in [0.25, 0.3) is 0 Å². The third kappa shape index (κ3) is 4.58. The first-order valence-corrected chi connectivity index (χ1v) is 5.58. The van der Waals surface area contributed by atoms with Crippen LogP contribution in [0, 0.1) is 0 Å². The van der Waals surface area contributed by atoms with Gasteiger partial charge in [-0.15, -0.1) is 0 Å². The van der Waals surface area contributed by atoms with Crippen LogP contribution in [0.4, 0.5) is 4.79 Å². The minimum atomic E-state index is -1.42. The molecule has 0 aliphatic carbocycles. The molecule has 0 unspecified atom stereocenters. The molecule has 0 aromatic heterocycles. The van der Waals surface area contributed by atoms with Crippen molar-refractivity contribution in [1.29, 1.82) is 0 Å². The highest BCUT2D eigenvalue weighted by molar-refractivity contribution is 5.86. The molecule has 0 bridgehead atoms. The van der Waals surface area contributed by atoms with Crippen molar-refractivity contribution >= 4 is 18.0 Å². The third-order valence-corrected chi connectivity index (χ3v) is 2.48. The summed E-state index contributed by atoms with van der Waals surface area (Å²) in [6.45, 7) is 1.78. The summed E-state index contributed by atoms with van der Waals surface area (Å²) in [5.41, 5.74) is 0. The molecule has 1 rings (SSSR count). The number of nitrogens with one attached hydrogen (secondary N) is 1. The van der Waals surface area contributed by atoms with E-state index < -0.39 is 30.4 Å². The number of urea groups is 1. The highest BCUT2D eigenvalue weighted by Crippen LogP contribution is 2.01. The number of hydrogen-bond donors (Lipinski definition) is 3. The van der Waals surface area contributed by atoms with Crippen LogP contribution in [-0.4, -0.2) is 65.4 Å². The van der Waals surface area contributed by atoms with Gasteiger partial charge < -0.3 is 25.2 Å². The Hall–Kier alpha value is -1.83. The molecule has 1 fully saturated rings. The minimum absolute atomic E-state index is 0.366. The van der Waals surface area contributed by atoms with Crippen molar-refractivity contribution in [2.45, 2.75) is 18.9 Å². The fourth-order valence-corrected chi connectivity index (χ4v) is 1.56. The van der Waals surface area contributed by atoms with Crippen molar-refractivity contribution in [3.8, 4) is 0 Å². The van der Waals surface area contributed by atoms with Gasteiger partial charge in [0, 0.05) is 19.7 Å². The molecule has 1 heterocycles. The van der Waals surface area contributed by atoms with Crippen LogP contribution in [0.5, 0.6) is 0 Å². The maximum Gasteiger partial charge on any atom is 0.326 e. The standard InChI is InChI=1S/C10H16N2O6/c13-8(14)6-7(9(15)16)11-10(17)12-2-1-4-18-5-3-12/h7H,1-6H2,(H,11,17)(H,13,14)(H,15,16)/t7-/m0/s1. The molecule has 0 spiro atoms. The van der Waals surface area contributed by atoms with Crippen molar-refractivity contribution < 1.29 is 29.3 Å². The van der Waals surface area contributed by atoms with E-state index in [2.05, 4.69) is 5.32 Å². The first kappa shape index (κ1) is 14.2. The number of carboxylic acid groups (broad SMARTS) is 2. The van der Waals surface area contributed by atoms with Gasteiger partial charge in [-0.2, -0.15) is 0 Å². The predicted molar refractivity (Wildman–Crippen MR) is 59.2 cm³/mol. The number of rotatable bonds is 4. The second kappa shape index (κ2) is 6.80. The Morgan fingerprint density at radius 1 is 1.22 bits per heavy atom. The predicted octanol–water partition coefficient (Wildman–Crippen LogP) is -0.654. The minimum Gasteiger partial charge on any atom is -0.481 e. The van der Waals surface area contributed by atoms with Crippen molar-refractivity contribution in [2.75, 3.05) is 26.3 Å². The van der Waals surface area contributed by atoms with E-state index in [-0.39, 0.29) is 0 Å². The molecule has 0 saturated carbocycles. The molecule has 8 nitrogen and oxygen atoms in total. The SMILES string of the molecule is O=C(O)C[C@H](NC(=O)N1CCCOCC1)C(=O)O. The Labute approximate surface area is 104 Å². The van der Waals surface area contributed by atoms with Crippen LogP contribution in [0.1, 0.15) is 12.8 Å². The zero-order valence-corrected chi connectivity index (χ0v) is 9.79. The molecular weight excluding hydrogens is 244 g/mol. The topological polar surface area (TPSA) is 116 Å². The fraction of sp³-hybridized carbons (Fsp3) is 0.700. The zero-order chi connectivity index (χ0) is 13.5. The van der Waals surface area contributed by atoms with Crippen LogP contribution in [0.25, 0.3) is 0 Å². The normalized spacial score (nSPS) is 17.7. The van der Waals surface area contributed by atoms with E-state index in [0.29, 0.717) is 32.7 Å². The summed E-state index contributed by atoms with van der Waals surface area (Å²) in [7, 11) is 0. The van der Waals surface area contributed by atoms with Crippen molar-refractivity contribution in [3.63, 3.8) is 0 Å². The number of aliphatic carboxylic acids is 2. The van der Waals surface area contributed by atoms with E-state index in [1.165, 1.54) is 4.90 Å². The molecule has 0 aromatic rings. The molecule has 8 heteroatoms. The second-order valence-corrected chi connectivity index (χ2v) is 3.89. The summed E-state index contributed by atoms with van der Waals surface area (Å²) in [4.78, 5) is 34.5. The number of ether oxygens (including phenoxy) is 1. The highest BCUT2D eigenvalue weighted by Gasteiger charge is 2.25. The van der Waals surface area contributed by atoms with Gasteiger partial charge in [-0.25, -0.2) is 9.59 Å². The molecular formula is C10H16N2O6. The van der Waals surface area contributed by atoms with Crippen LogP contribution in [0.15, 0.2) is 0 Å². The number of carboxylic acids is 2. The van der Waals surface area contributed by atoms with Gasteiger partial charge in [0.1, 0.15) is 6.04 Å². The van der Waals surface area contributed by atoms with Crippen LogP contribution in [0.3, 0.4) is 0 Å². The summed E-state index contributed by atoms with van der Waals surface area (Å²) in [5.74, 6) is -2.64. The maximum atomic E-state index is 11.8. The Morgan fingerprint density at radius 2 is 1.94 bits per heavy atom. The lowest BCUT2D eigenvalue weighted by Crippen LogP contribution is -2.49. The summed E-state index contributed by atoms with van der Waals surface area (Å²) < 4.78 is 5.16. The Bertz CT molecular complexity index is 324. The van der Waals surface area contributed by atoms with Crippen molar-refractivity contribution in [3.05, 3.63) is 0 Å². The molecule has 3 N–H and O–H groups in total. The number of amides is 2. The monoisotopic (exact) mass is 260 g/mol. The van der Waals surface area contributed by atoms with Gasteiger partial charge in [-0.3, -0.25) is 4.79 Å². The lowest BCUT2D eigenvalue weighted by molar-refractivity contribution is -0.145. The summed E-state index contributed by atoms with van der Waals surface area (Å²) in [6, 6.07) is -1.99. The maximum absolute atomic E-state index is 11.8. The van der Waals surface area contributed by atoms with Crippen LogP contribution in [-0.2, 0) is 14.3 Å². The smallest absolute Gasteiger partial charge is 0.326 e. The Morgan fingerprint density at radius 3 is 2.56 bits per heavy atom. The number of nitrogens with zero attached hydrogens (tertiary/aromatic N) is 1. The van der Waals surface area contributed by atoms with Gasteiger partial charge >= 0.3 is 18.0 Å². The summed E-state index contributed by atoms with van der Waals surface area (Å²) >= 11 is 0. The van der Waals surface area contributed by atoms with Crippen LogP contribution in [0.2, 0.25) is 0 Å². The van der Waals surface area contributed by atoms with Gasteiger partial charge in [0.15, 0.2) is 0 Å². The van der Waals surface area contributed by atoms with Crippen LogP contribution < -0.4 is 5.32 Å². The quantitative estimate of drug-likeness (QED) is 0.618. The number of carbonyl (C=O) groups excluding carboxylic acids is 1. The van der Waals surface area contributed by atoms with Crippen molar-refractivity contribution in [1.82, 2.24) is 10.2 Å². The van der Waals surface area contributed by atoms with Crippen LogP contribution >= 0.6 is 0 Å². The fourth-order valence-electron chi connectivity index (χ4n) is 1.56. The molecule has 1 aliphatic heterocycles. The number of hydrogen-bond acceptors (Lipinski definition) is 4. The van der Waals surface area contributed by atoms with Gasteiger partial charge in [0.05, 0.1) is 13.0 Å². The van der Waals surface area contributed by atoms with E-state index in [1.54, 1.807) is 0 Å². The van der Waals surface area contributed by atoms with Crippen molar-refractivity contribution in [2.24, 2.45) is 0 Å². The molecule has 0 aromatic carbocycles. The summed E-state index contributed by atoms with van der Waals surface area (Å²) in [5, 5.41) is 19.6. The Balaban J connectivity index is 2.53. The second-order valence-electron chi connectivity index (χ2n) is 3.89. The third-order valence-electron chi connectivity index (χ3n) is 2.48. The molecule has 0 radical (unpaired) electrons. The molecule has 18 heavy (non-hydrogen) atoms. The lowest BCUT2D eigenvalue weighted by atomic mass is 10.2. The zero-order valence-electron chi connectivity index (χ0n) is 9.79. The lowest BCUT2D eigenvalue weighted by Gasteiger charge is -2.22. The van der Waals surface area contributed by atoms with E-state index in [0.717, 1.165) is 0 Å². The average Bonchev–Trinajstić information content (AvgIpc) is 2.55. The first-order chi connectivity index (χ1) is 8.50. The largest absolute Gasteiger partial charge is 0.481 e. The van der Waals surface area contributed by atoms with Gasteiger partial charge in [-0.1, -0.05) is 0 Å². The van der Waals surface area contributed by atoms with E-state index in [1.807, 2.05) is 0 Å².